The van der Waals surface area contributed by atoms with Crippen LogP contribution in [0.1, 0.15) is 0 Å². The lowest BCUT2D eigenvalue weighted by molar-refractivity contribution is -0.319. The largest absolute Gasteiger partial charge is 0.507 e. The van der Waals surface area contributed by atoms with Gasteiger partial charge in [0.15, 0.2) is 29.7 Å². The van der Waals surface area contributed by atoms with Crippen LogP contribution in [0.2, 0.25) is 0 Å². The number of ether oxygens (including phenoxy) is 6. The summed E-state index contributed by atoms with van der Waals surface area (Å²) in [6.45, 7) is -2.24. The zero-order chi connectivity index (χ0) is 31.9. The molecule has 44 heavy (non-hydrogen) atoms. The van der Waals surface area contributed by atoms with Crippen LogP contribution in [0.5, 0.6) is 28.7 Å². The molecule has 0 spiro atoms. The Labute approximate surface area is 248 Å². The average Bonchev–Trinajstić information content (AvgIpc) is 3.30. The van der Waals surface area contributed by atoms with E-state index >= 15 is 0 Å². The van der Waals surface area contributed by atoms with Gasteiger partial charge in [0.1, 0.15) is 52.5 Å². The van der Waals surface area contributed by atoms with Crippen molar-refractivity contribution in [2.75, 3.05) is 34.0 Å². The summed E-state index contributed by atoms with van der Waals surface area (Å²) in [5.41, 5.74) is -3.08. The van der Waals surface area contributed by atoms with Crippen molar-refractivity contribution in [2.45, 2.75) is 48.7 Å². The Morgan fingerprint density at radius 1 is 0.977 bits per heavy atom. The van der Waals surface area contributed by atoms with Gasteiger partial charge in [-0.1, -0.05) is 0 Å². The van der Waals surface area contributed by atoms with Crippen LogP contribution in [0.25, 0.3) is 22.3 Å². The summed E-state index contributed by atoms with van der Waals surface area (Å²) in [5, 5.41) is 82.4. The normalized spacial score (nSPS) is 30.4. The van der Waals surface area contributed by atoms with E-state index in [0.717, 1.165) is 6.07 Å². The van der Waals surface area contributed by atoms with E-state index in [1.165, 1.54) is 38.5 Å². The quantitative estimate of drug-likeness (QED) is 0.135. The Kier molecular flexibility index (Phi) is 8.90. The van der Waals surface area contributed by atoms with E-state index in [9.17, 15) is 45.6 Å². The minimum Gasteiger partial charge on any atom is -0.507 e. The van der Waals surface area contributed by atoms with Crippen LogP contribution in [0, 0.1) is 0 Å². The van der Waals surface area contributed by atoms with E-state index in [4.69, 9.17) is 32.8 Å². The molecule has 2 fully saturated rings. The van der Waals surface area contributed by atoms with Crippen LogP contribution in [-0.2, 0) is 14.2 Å². The SMILES string of the molecule is COc1cc(O)c2c(=O)c(O[C@H]3OC(CO)[C@@H](O)[C@@H](O)C3O[C@@H]3OCC(O)(CO)[C@@H]3O)c(-c3ccc(OC)c(O)c3)oc2c1. The van der Waals surface area contributed by atoms with Gasteiger partial charge in [0, 0.05) is 17.7 Å². The van der Waals surface area contributed by atoms with E-state index in [2.05, 4.69) is 0 Å². The average molecular weight is 625 g/mol. The molecule has 8 atom stereocenters. The summed E-state index contributed by atoms with van der Waals surface area (Å²) >= 11 is 0. The van der Waals surface area contributed by atoms with E-state index in [-0.39, 0.29) is 39.5 Å². The van der Waals surface area contributed by atoms with Gasteiger partial charge in [0.2, 0.25) is 17.5 Å². The van der Waals surface area contributed by atoms with E-state index in [1.807, 2.05) is 0 Å². The molecule has 1 aromatic heterocycles. The van der Waals surface area contributed by atoms with Gasteiger partial charge in [-0.25, -0.2) is 0 Å². The standard InChI is InChI=1S/C28H32O16/c1-38-12-6-14(32)18-16(7-12)41-22(11-3-4-15(39-2)13(31)5-11)23(20(18)34)43-26-24(21(35)19(33)17(8-29)42-26)44-27-25(36)28(37,9-30)10-40-27/h3-7,17,19,21,24-27,29-33,35-37H,8-10H2,1-2H3/t17?,19-,21-,24?,25-,26-,27+,28?/m1/s1. The predicted molar refractivity (Wildman–Crippen MR) is 145 cm³/mol. The highest BCUT2D eigenvalue weighted by Crippen LogP contribution is 2.40. The second-order valence-electron chi connectivity index (χ2n) is 10.3. The number of aromatic hydroxyl groups is 2. The van der Waals surface area contributed by atoms with Gasteiger partial charge in [-0.3, -0.25) is 4.79 Å². The zero-order valence-corrected chi connectivity index (χ0v) is 23.4. The maximum absolute atomic E-state index is 13.9. The number of fused-ring (bicyclic) bond motifs is 1. The molecule has 3 aromatic rings. The van der Waals surface area contributed by atoms with Crippen LogP contribution in [0.15, 0.2) is 39.5 Å². The molecular formula is C28H32O16. The van der Waals surface area contributed by atoms with Gasteiger partial charge >= 0.3 is 0 Å². The lowest BCUT2D eigenvalue weighted by Gasteiger charge is -2.42. The third kappa shape index (κ3) is 5.51. The van der Waals surface area contributed by atoms with Gasteiger partial charge in [0.05, 0.1) is 34.0 Å². The molecule has 0 saturated carbocycles. The van der Waals surface area contributed by atoms with Crippen molar-refractivity contribution in [2.24, 2.45) is 0 Å². The van der Waals surface area contributed by atoms with Crippen LogP contribution >= 0.6 is 0 Å². The van der Waals surface area contributed by atoms with Gasteiger partial charge in [-0.05, 0) is 18.2 Å². The second-order valence-corrected chi connectivity index (χ2v) is 10.3. The molecule has 3 heterocycles. The molecular weight excluding hydrogens is 592 g/mol. The van der Waals surface area contributed by atoms with Gasteiger partial charge in [-0.2, -0.15) is 0 Å². The summed E-state index contributed by atoms with van der Waals surface area (Å²) in [6, 6.07) is 6.51. The number of rotatable bonds is 9. The number of phenols is 2. The van der Waals surface area contributed by atoms with Crippen molar-refractivity contribution < 1.29 is 73.7 Å². The van der Waals surface area contributed by atoms with Crippen molar-refractivity contribution in [3.63, 3.8) is 0 Å². The van der Waals surface area contributed by atoms with Crippen LogP contribution in [-0.4, -0.2) is 124 Å². The molecule has 0 radical (unpaired) electrons. The van der Waals surface area contributed by atoms with Crippen molar-refractivity contribution in [1.29, 1.82) is 0 Å². The summed E-state index contributed by atoms with van der Waals surface area (Å²) < 4.78 is 38.7. The van der Waals surface area contributed by atoms with Crippen molar-refractivity contribution in [3.8, 4) is 40.1 Å². The van der Waals surface area contributed by atoms with Crippen LogP contribution in [0.4, 0.5) is 0 Å². The van der Waals surface area contributed by atoms with E-state index in [1.54, 1.807) is 0 Å². The van der Waals surface area contributed by atoms with Gasteiger partial charge in [-0.15, -0.1) is 0 Å². The number of benzene rings is 2. The Hall–Kier alpha value is -3.71. The molecule has 2 aliphatic rings. The highest BCUT2D eigenvalue weighted by molar-refractivity contribution is 5.88. The number of methoxy groups -OCH3 is 2. The third-order valence-electron chi connectivity index (χ3n) is 7.51. The highest BCUT2D eigenvalue weighted by atomic mass is 16.8. The predicted octanol–water partition coefficient (Wildman–Crippen LogP) is -1.47. The monoisotopic (exact) mass is 624 g/mol. The topological polar surface area (TPSA) is 247 Å². The van der Waals surface area contributed by atoms with E-state index < -0.39 is 85.4 Å². The maximum atomic E-state index is 13.9. The zero-order valence-electron chi connectivity index (χ0n) is 23.4. The molecule has 240 valence electrons. The summed E-state index contributed by atoms with van der Waals surface area (Å²) in [6.07, 6.45) is -12.1. The molecule has 2 aromatic carbocycles. The fraction of sp³-hybridized carbons (Fsp3) is 0.464. The number of phenolic OH excluding ortho intramolecular Hbond substituents is 2. The van der Waals surface area contributed by atoms with Crippen LogP contribution < -0.4 is 19.6 Å². The first-order valence-electron chi connectivity index (χ1n) is 13.3. The highest BCUT2D eigenvalue weighted by Gasteiger charge is 2.53. The number of aliphatic hydroxyl groups is 6. The fourth-order valence-corrected chi connectivity index (χ4v) is 4.98. The Balaban J connectivity index is 1.63. The molecule has 3 unspecified atom stereocenters. The number of aliphatic hydroxyl groups excluding tert-OH is 5. The summed E-state index contributed by atoms with van der Waals surface area (Å²) in [5.74, 6) is -1.51. The lowest BCUT2D eigenvalue weighted by atomic mass is 9.98. The second kappa shape index (κ2) is 12.4. The first kappa shape index (κ1) is 31.7. The summed E-state index contributed by atoms with van der Waals surface area (Å²) in [7, 11) is 2.67. The molecule has 0 aliphatic carbocycles. The van der Waals surface area contributed by atoms with Crippen molar-refractivity contribution >= 4 is 11.0 Å². The number of hydrogen-bond donors (Lipinski definition) is 8. The molecule has 2 saturated heterocycles. The first-order chi connectivity index (χ1) is 21.0. The summed E-state index contributed by atoms with van der Waals surface area (Å²) in [4.78, 5) is 13.9. The number of hydrogen-bond acceptors (Lipinski definition) is 16. The molecule has 8 N–H and O–H groups in total. The van der Waals surface area contributed by atoms with E-state index in [0.29, 0.717) is 0 Å². The molecule has 16 heteroatoms. The maximum Gasteiger partial charge on any atom is 0.239 e. The molecule has 16 nitrogen and oxygen atoms in total. The first-order valence-corrected chi connectivity index (χ1v) is 13.3. The molecule has 5 rings (SSSR count). The minimum absolute atomic E-state index is 0.0923. The third-order valence-corrected chi connectivity index (χ3v) is 7.51. The Morgan fingerprint density at radius 3 is 2.34 bits per heavy atom. The Morgan fingerprint density at radius 2 is 1.73 bits per heavy atom. The molecule has 2 aliphatic heterocycles. The molecule has 0 amide bonds. The van der Waals surface area contributed by atoms with Crippen LogP contribution in [0.3, 0.4) is 0 Å². The van der Waals surface area contributed by atoms with Gasteiger partial charge < -0.3 is 73.7 Å². The molecule has 0 bridgehead atoms. The lowest BCUT2D eigenvalue weighted by Crippen LogP contribution is -2.62. The minimum atomic E-state index is -2.10. The Bertz CT molecular complexity index is 1560. The van der Waals surface area contributed by atoms with Crippen molar-refractivity contribution in [1.82, 2.24) is 0 Å². The van der Waals surface area contributed by atoms with Crippen molar-refractivity contribution in [3.05, 3.63) is 40.6 Å². The van der Waals surface area contributed by atoms with Gasteiger partial charge in [0.25, 0.3) is 0 Å². The fourth-order valence-electron chi connectivity index (χ4n) is 4.98. The smallest absolute Gasteiger partial charge is 0.239 e.